The fourth-order valence-electron chi connectivity index (χ4n) is 0. The second-order valence-electron chi connectivity index (χ2n) is 0.894. The van der Waals surface area contributed by atoms with Crippen LogP contribution in [0, 0.1) is 0 Å². The monoisotopic (exact) mass is 683 g/mol. The fraction of sp³-hybridized carbons (Fsp3) is 1.00. The van der Waals surface area contributed by atoms with E-state index in [1.807, 2.05) is 0 Å². The van der Waals surface area contributed by atoms with Gasteiger partial charge in [-0.1, -0.05) is 25.7 Å². The second-order valence-corrected chi connectivity index (χ2v) is 2.68. The first-order valence-corrected chi connectivity index (χ1v) is 6.57. The number of rotatable bonds is 0. The van der Waals surface area contributed by atoms with Crippen LogP contribution >= 0.6 is 33.0 Å². The molecule has 0 aromatic rings. The van der Waals surface area contributed by atoms with Crippen LogP contribution in [0.25, 0.3) is 0 Å². The van der Waals surface area contributed by atoms with Crippen LogP contribution in [0.2, 0.25) is 0 Å². The molecule has 0 aliphatic carbocycles. The van der Waals surface area contributed by atoms with Gasteiger partial charge in [0, 0.05) is 0 Å². The molecule has 0 rings (SSSR count). The van der Waals surface area contributed by atoms with Crippen molar-refractivity contribution in [2.75, 3.05) is 0 Å². The van der Waals surface area contributed by atoms with Crippen molar-refractivity contribution >= 4 is 215 Å². The average molecular weight is 682 g/mol. The molecule has 104 valence electrons. The standard InChI is InChI=1S/CH4.4HO3P.4Sr/c;4*1-4(2)3;;;;/h1H4;4*(H,1,2,3);;;;/q;;;;;4*+2/p-4. The Kier molecular flexibility index (Phi) is 135. The first-order chi connectivity index (χ1) is 6.93. The molecule has 21 heavy (non-hydrogen) atoms. The number of hydrogen-bond donors (Lipinski definition) is 0. The molecule has 0 saturated carbocycles. The van der Waals surface area contributed by atoms with Gasteiger partial charge >= 0.3 is 182 Å². The van der Waals surface area contributed by atoms with Gasteiger partial charge in [0.05, 0.1) is 0 Å². The van der Waals surface area contributed by atoms with Gasteiger partial charge in [-0.3, -0.25) is 0 Å². The van der Waals surface area contributed by atoms with E-state index in [2.05, 4.69) is 0 Å². The molecule has 0 bridgehead atoms. The second kappa shape index (κ2) is 50.2. The third-order valence-corrected chi connectivity index (χ3v) is 0. The summed E-state index contributed by atoms with van der Waals surface area (Å²) in [6, 6.07) is 0. The summed E-state index contributed by atoms with van der Waals surface area (Å²) in [7, 11) is -13.5. The Hall–Kier alpha value is 6.00. The van der Waals surface area contributed by atoms with Gasteiger partial charge in [0.25, 0.3) is 33.0 Å². The molecule has 12 nitrogen and oxygen atoms in total. The van der Waals surface area contributed by atoms with Crippen LogP contribution in [0.3, 0.4) is 0 Å². The molecule has 0 radical (unpaired) electrons. The van der Waals surface area contributed by atoms with E-state index in [1.54, 1.807) is 0 Å². The Labute approximate surface area is 272 Å². The van der Waals surface area contributed by atoms with Gasteiger partial charge in [0.15, 0.2) is 0 Å². The van der Waals surface area contributed by atoms with Crippen LogP contribution in [0.1, 0.15) is 7.43 Å². The van der Waals surface area contributed by atoms with Crippen LogP contribution in [0.4, 0.5) is 0 Å². The summed E-state index contributed by atoms with van der Waals surface area (Å²) in [5.41, 5.74) is 0. The van der Waals surface area contributed by atoms with E-state index < -0.39 is 33.0 Å². The normalized spacial score (nSPS) is 4.95. The Morgan fingerprint density at radius 3 is 0.381 bits per heavy atom. The van der Waals surface area contributed by atoms with Gasteiger partial charge in [-0.25, -0.2) is 0 Å². The minimum Gasteiger partial charge on any atom is -0.598 e. The van der Waals surface area contributed by atoms with Crippen molar-refractivity contribution in [1.29, 1.82) is 0 Å². The van der Waals surface area contributed by atoms with Gasteiger partial charge in [0.2, 0.25) is 0 Å². The maximum Gasteiger partial charge on any atom is 2.00 e. The predicted octanol–water partition coefficient (Wildman–Crippen LogP) is -7.43. The first-order valence-electron chi connectivity index (χ1n) is 2.19. The van der Waals surface area contributed by atoms with Gasteiger partial charge in [0.1, 0.15) is 0 Å². The molecule has 0 aromatic heterocycles. The van der Waals surface area contributed by atoms with Crippen LogP contribution in [0.5, 0.6) is 0 Å². The molecule has 0 N–H and O–H groups in total. The Balaban J connectivity index is -0.0000000121. The topological polar surface area (TPSA) is 253 Å². The summed E-state index contributed by atoms with van der Waals surface area (Å²) >= 11 is 0. The van der Waals surface area contributed by atoms with Gasteiger partial charge in [-0.05, 0) is 0 Å². The zero-order valence-corrected chi connectivity index (χ0v) is 27.0. The van der Waals surface area contributed by atoms with E-state index in [9.17, 15) is 0 Å². The third-order valence-electron chi connectivity index (χ3n) is 0. The zero-order valence-electron chi connectivity index (χ0n) is 9.52. The molecular formula is CH4O12P4Sr4+4. The summed E-state index contributed by atoms with van der Waals surface area (Å²) in [6.07, 6.45) is 0. The summed E-state index contributed by atoms with van der Waals surface area (Å²) in [6.45, 7) is 0. The third kappa shape index (κ3) is 416. The zero-order chi connectivity index (χ0) is 14.3. The van der Waals surface area contributed by atoms with E-state index in [1.165, 1.54) is 0 Å². The maximum absolute atomic E-state index is 8.48. The molecule has 0 aliphatic heterocycles. The van der Waals surface area contributed by atoms with Crippen molar-refractivity contribution in [3.8, 4) is 0 Å². The van der Waals surface area contributed by atoms with E-state index in [0.717, 1.165) is 0 Å². The van der Waals surface area contributed by atoms with Crippen LogP contribution < -0.4 is 39.1 Å². The minimum absolute atomic E-state index is 0. The molecule has 0 atom stereocenters. The van der Waals surface area contributed by atoms with E-state index >= 15 is 0 Å². The Morgan fingerprint density at radius 2 is 0.381 bits per heavy atom. The predicted molar refractivity (Wildman–Crippen MR) is 60.2 cm³/mol. The largest absolute Gasteiger partial charge is 2.00 e. The molecule has 0 spiro atoms. The van der Waals surface area contributed by atoms with Crippen LogP contribution in [0.15, 0.2) is 0 Å². The van der Waals surface area contributed by atoms with Crippen molar-refractivity contribution in [3.05, 3.63) is 0 Å². The quantitative estimate of drug-likeness (QED) is 0.171. The molecule has 0 unspecified atom stereocenters. The summed E-state index contributed by atoms with van der Waals surface area (Å²) in [5, 5.41) is 0. The van der Waals surface area contributed by atoms with Crippen LogP contribution in [-0.4, -0.2) is 182 Å². The smallest absolute Gasteiger partial charge is 0.598 e. The first kappa shape index (κ1) is 56.3. The summed E-state index contributed by atoms with van der Waals surface area (Å²) in [4.78, 5) is 67.9. The summed E-state index contributed by atoms with van der Waals surface area (Å²) in [5.74, 6) is 0. The Bertz CT molecular complexity index is 173. The molecular weight excluding hydrogens is 678 g/mol. The molecule has 0 aromatic carbocycles. The van der Waals surface area contributed by atoms with Crippen LogP contribution in [-0.2, 0) is 18.3 Å². The number of hydrogen-bond acceptors (Lipinski definition) is 12. The molecule has 0 saturated heterocycles. The molecule has 0 amide bonds. The fourth-order valence-corrected chi connectivity index (χ4v) is 0. The van der Waals surface area contributed by atoms with E-state index in [4.69, 9.17) is 57.4 Å². The molecule has 20 heteroatoms. The van der Waals surface area contributed by atoms with Crippen molar-refractivity contribution < 1.29 is 57.4 Å². The van der Waals surface area contributed by atoms with Crippen molar-refractivity contribution in [2.24, 2.45) is 0 Å². The average Bonchev–Trinajstić information content (AvgIpc) is 1.76. The molecule has 0 heterocycles. The molecule has 0 fully saturated rings. The summed E-state index contributed by atoms with van der Waals surface area (Å²) < 4.78 is 33.9. The minimum atomic E-state index is -3.37. The van der Waals surface area contributed by atoms with Gasteiger partial charge in [-0.2, -0.15) is 0 Å². The van der Waals surface area contributed by atoms with Crippen molar-refractivity contribution in [1.82, 2.24) is 0 Å². The SMILES string of the molecule is C.O=[P+]([O-])[O-].O=[P+]([O-])[O-].O=[P+]([O-])[O-].O=[P+]([O-])[O-].[Sr+2].[Sr+2].[Sr+2].[Sr+2]. The molecule has 0 aliphatic rings. The Morgan fingerprint density at radius 1 is 0.381 bits per heavy atom. The van der Waals surface area contributed by atoms with Gasteiger partial charge < -0.3 is 39.1 Å². The van der Waals surface area contributed by atoms with E-state index in [0.29, 0.717) is 0 Å². The van der Waals surface area contributed by atoms with Crippen molar-refractivity contribution in [3.63, 3.8) is 0 Å². The van der Waals surface area contributed by atoms with Crippen molar-refractivity contribution in [2.45, 2.75) is 7.43 Å². The maximum atomic E-state index is 8.48. The van der Waals surface area contributed by atoms with Gasteiger partial charge in [-0.15, -0.1) is 0 Å². The van der Waals surface area contributed by atoms with E-state index in [-0.39, 0.29) is 189 Å².